The van der Waals surface area contributed by atoms with Gasteiger partial charge in [-0.15, -0.1) is 0 Å². The fourth-order valence-corrected chi connectivity index (χ4v) is 3.29. The van der Waals surface area contributed by atoms with E-state index in [9.17, 15) is 4.79 Å². The Morgan fingerprint density at radius 2 is 1.75 bits per heavy atom. The minimum atomic E-state index is 0.0284. The standard InChI is InChI=1S/C16H19Cl2NO/c1-11-5-3-6-12(2)19(11)16(20)10-9-13-14(17)7-4-8-15(13)18/h4,7-12H,3,5-6H2,1-2H3/b10-9+/t11-,12-/m1/s1. The van der Waals surface area contributed by atoms with Crippen LogP contribution in [-0.2, 0) is 4.79 Å². The van der Waals surface area contributed by atoms with Gasteiger partial charge in [-0.1, -0.05) is 29.3 Å². The van der Waals surface area contributed by atoms with Crippen LogP contribution in [-0.4, -0.2) is 22.9 Å². The lowest BCUT2D eigenvalue weighted by atomic mass is 9.97. The van der Waals surface area contributed by atoms with Crippen LogP contribution >= 0.6 is 23.2 Å². The third-order valence-electron chi connectivity index (χ3n) is 3.84. The smallest absolute Gasteiger partial charge is 0.247 e. The summed E-state index contributed by atoms with van der Waals surface area (Å²) in [5, 5.41) is 1.11. The minimum absolute atomic E-state index is 0.0284. The first-order valence-electron chi connectivity index (χ1n) is 6.95. The fourth-order valence-electron chi connectivity index (χ4n) is 2.77. The quantitative estimate of drug-likeness (QED) is 0.719. The Morgan fingerprint density at radius 1 is 1.20 bits per heavy atom. The van der Waals surface area contributed by atoms with Crippen molar-refractivity contribution in [1.82, 2.24) is 4.90 Å². The maximum absolute atomic E-state index is 12.4. The molecule has 0 unspecified atom stereocenters. The summed E-state index contributed by atoms with van der Waals surface area (Å²) in [5.41, 5.74) is 0.696. The van der Waals surface area contributed by atoms with Gasteiger partial charge < -0.3 is 4.90 Å². The first kappa shape index (κ1) is 15.4. The third-order valence-corrected chi connectivity index (χ3v) is 4.50. The zero-order chi connectivity index (χ0) is 14.7. The van der Waals surface area contributed by atoms with Crippen LogP contribution in [0.3, 0.4) is 0 Å². The topological polar surface area (TPSA) is 20.3 Å². The van der Waals surface area contributed by atoms with Gasteiger partial charge in [-0.2, -0.15) is 0 Å². The molecule has 1 fully saturated rings. The highest BCUT2D eigenvalue weighted by molar-refractivity contribution is 6.37. The van der Waals surface area contributed by atoms with E-state index in [-0.39, 0.29) is 18.0 Å². The molecule has 1 saturated heterocycles. The molecule has 1 aromatic carbocycles. The lowest BCUT2D eigenvalue weighted by molar-refractivity contribution is -0.131. The van der Waals surface area contributed by atoms with Gasteiger partial charge in [0.15, 0.2) is 0 Å². The van der Waals surface area contributed by atoms with Gasteiger partial charge in [0.25, 0.3) is 0 Å². The first-order chi connectivity index (χ1) is 9.50. The maximum Gasteiger partial charge on any atom is 0.247 e. The lowest BCUT2D eigenvalue weighted by Crippen LogP contribution is -2.46. The monoisotopic (exact) mass is 311 g/mol. The van der Waals surface area contributed by atoms with Gasteiger partial charge >= 0.3 is 0 Å². The molecule has 0 saturated carbocycles. The summed E-state index contributed by atoms with van der Waals surface area (Å²) in [6.45, 7) is 4.20. The zero-order valence-electron chi connectivity index (χ0n) is 11.8. The average Bonchev–Trinajstić information content (AvgIpc) is 2.38. The largest absolute Gasteiger partial charge is 0.334 e. The van der Waals surface area contributed by atoms with E-state index in [1.54, 1.807) is 30.4 Å². The summed E-state index contributed by atoms with van der Waals surface area (Å²) in [4.78, 5) is 14.3. The number of carbonyl (C=O) groups is 1. The predicted molar refractivity (Wildman–Crippen MR) is 85.1 cm³/mol. The molecule has 1 aromatic rings. The highest BCUT2D eigenvalue weighted by Crippen LogP contribution is 2.26. The second kappa shape index (κ2) is 6.64. The van der Waals surface area contributed by atoms with E-state index in [4.69, 9.17) is 23.2 Å². The number of benzene rings is 1. The first-order valence-corrected chi connectivity index (χ1v) is 7.70. The van der Waals surface area contributed by atoms with Crippen molar-refractivity contribution >= 4 is 35.2 Å². The van der Waals surface area contributed by atoms with Crippen molar-refractivity contribution in [3.63, 3.8) is 0 Å². The third kappa shape index (κ3) is 3.36. The van der Waals surface area contributed by atoms with Crippen molar-refractivity contribution in [2.24, 2.45) is 0 Å². The summed E-state index contributed by atoms with van der Waals surface area (Å²) in [7, 11) is 0. The van der Waals surface area contributed by atoms with Crippen LogP contribution in [0, 0.1) is 0 Å². The van der Waals surface area contributed by atoms with E-state index < -0.39 is 0 Å². The number of hydrogen-bond acceptors (Lipinski definition) is 1. The van der Waals surface area contributed by atoms with Gasteiger partial charge in [-0.3, -0.25) is 4.79 Å². The Balaban J connectivity index is 2.16. The van der Waals surface area contributed by atoms with Crippen molar-refractivity contribution < 1.29 is 4.79 Å². The van der Waals surface area contributed by atoms with Crippen LogP contribution in [0.15, 0.2) is 24.3 Å². The molecule has 1 aliphatic heterocycles. The van der Waals surface area contributed by atoms with Crippen LogP contribution in [0.25, 0.3) is 6.08 Å². The molecule has 0 aromatic heterocycles. The van der Waals surface area contributed by atoms with E-state index in [2.05, 4.69) is 13.8 Å². The van der Waals surface area contributed by atoms with Crippen molar-refractivity contribution in [3.05, 3.63) is 39.9 Å². The van der Waals surface area contributed by atoms with Crippen molar-refractivity contribution in [1.29, 1.82) is 0 Å². The van der Waals surface area contributed by atoms with Crippen LogP contribution in [0.4, 0.5) is 0 Å². The summed E-state index contributed by atoms with van der Waals surface area (Å²) in [6.07, 6.45) is 6.60. The lowest BCUT2D eigenvalue weighted by Gasteiger charge is -2.38. The van der Waals surface area contributed by atoms with E-state index in [1.165, 1.54) is 6.42 Å². The molecule has 0 spiro atoms. The number of rotatable bonds is 2. The molecular weight excluding hydrogens is 293 g/mol. The highest BCUT2D eigenvalue weighted by Gasteiger charge is 2.27. The minimum Gasteiger partial charge on any atom is -0.334 e. The van der Waals surface area contributed by atoms with E-state index in [0.29, 0.717) is 15.6 Å². The van der Waals surface area contributed by atoms with Gasteiger partial charge in [0.1, 0.15) is 0 Å². The number of amides is 1. The maximum atomic E-state index is 12.4. The summed E-state index contributed by atoms with van der Waals surface area (Å²) in [6, 6.07) is 5.90. The number of nitrogens with zero attached hydrogens (tertiary/aromatic N) is 1. The Morgan fingerprint density at radius 3 is 2.30 bits per heavy atom. The van der Waals surface area contributed by atoms with Crippen LogP contribution < -0.4 is 0 Å². The number of hydrogen-bond donors (Lipinski definition) is 0. The molecule has 2 nitrogen and oxygen atoms in total. The second-order valence-corrected chi connectivity index (χ2v) is 6.16. The van der Waals surface area contributed by atoms with Crippen LogP contribution in [0.2, 0.25) is 10.0 Å². The summed E-state index contributed by atoms with van der Waals surface area (Å²) < 4.78 is 0. The van der Waals surface area contributed by atoms with Gasteiger partial charge in [0.05, 0.1) is 0 Å². The average molecular weight is 312 g/mol. The van der Waals surface area contributed by atoms with E-state index >= 15 is 0 Å². The molecule has 1 aliphatic rings. The SMILES string of the molecule is C[C@@H]1CCC[C@@H](C)N1C(=O)/C=C/c1c(Cl)cccc1Cl. The molecule has 20 heavy (non-hydrogen) atoms. The summed E-state index contributed by atoms with van der Waals surface area (Å²) in [5.74, 6) is 0.0284. The van der Waals surface area contributed by atoms with Crippen molar-refractivity contribution in [3.8, 4) is 0 Å². The van der Waals surface area contributed by atoms with Crippen LogP contribution in [0.1, 0.15) is 38.7 Å². The van der Waals surface area contributed by atoms with Gasteiger partial charge in [0.2, 0.25) is 5.91 Å². The predicted octanol–water partition coefficient (Wildman–Crippen LogP) is 4.80. The molecule has 0 radical (unpaired) electrons. The Hall–Kier alpha value is -0.990. The van der Waals surface area contributed by atoms with Crippen LogP contribution in [0.5, 0.6) is 0 Å². The Labute approximate surface area is 130 Å². The molecular formula is C16H19Cl2NO. The Bertz CT molecular complexity index is 497. The molecule has 1 amide bonds. The molecule has 2 rings (SSSR count). The molecule has 4 heteroatoms. The summed E-state index contributed by atoms with van der Waals surface area (Å²) >= 11 is 12.2. The molecule has 2 atom stereocenters. The second-order valence-electron chi connectivity index (χ2n) is 5.34. The zero-order valence-corrected chi connectivity index (χ0v) is 13.3. The fraction of sp³-hybridized carbons (Fsp3) is 0.438. The van der Waals surface area contributed by atoms with E-state index in [0.717, 1.165) is 12.8 Å². The number of piperidine rings is 1. The normalized spacial score (nSPS) is 23.3. The molecule has 1 heterocycles. The number of carbonyl (C=O) groups excluding carboxylic acids is 1. The Kier molecular flexibility index (Phi) is 5.11. The van der Waals surface area contributed by atoms with E-state index in [1.807, 2.05) is 4.90 Å². The molecule has 108 valence electrons. The molecule has 0 aliphatic carbocycles. The van der Waals surface area contributed by atoms with Crippen molar-refractivity contribution in [2.45, 2.75) is 45.2 Å². The van der Waals surface area contributed by atoms with Gasteiger partial charge in [-0.25, -0.2) is 0 Å². The number of halogens is 2. The molecule has 0 bridgehead atoms. The number of likely N-dealkylation sites (tertiary alicyclic amines) is 1. The highest BCUT2D eigenvalue weighted by atomic mass is 35.5. The van der Waals surface area contributed by atoms with Crippen molar-refractivity contribution in [2.75, 3.05) is 0 Å². The van der Waals surface area contributed by atoms with Gasteiger partial charge in [0, 0.05) is 33.8 Å². The molecule has 0 N–H and O–H groups in total. The van der Waals surface area contributed by atoms with Gasteiger partial charge in [-0.05, 0) is 51.3 Å².